The van der Waals surface area contributed by atoms with Gasteiger partial charge in [-0.2, -0.15) is 0 Å². The van der Waals surface area contributed by atoms with Crippen molar-refractivity contribution in [1.82, 2.24) is 0 Å². The van der Waals surface area contributed by atoms with Gasteiger partial charge in [-0.05, 0) is 41.3 Å². The number of benzene rings is 3. The summed E-state index contributed by atoms with van der Waals surface area (Å²) in [5, 5.41) is 0.687. The Morgan fingerprint density at radius 1 is 0.792 bits per heavy atom. The molecule has 0 amide bonds. The Balaban J connectivity index is 1.66. The Bertz CT molecular complexity index is 831. The van der Waals surface area contributed by atoms with Crippen LogP contribution >= 0.6 is 11.6 Å². The number of allylic oxidation sites excluding steroid dienone is 1. The van der Waals surface area contributed by atoms with Crippen LogP contribution in [0.3, 0.4) is 0 Å². The van der Waals surface area contributed by atoms with Crippen molar-refractivity contribution in [3.8, 4) is 0 Å². The fourth-order valence-electron chi connectivity index (χ4n) is 2.46. The van der Waals surface area contributed by atoms with Crippen LogP contribution in [0, 0.1) is 0 Å². The van der Waals surface area contributed by atoms with Gasteiger partial charge in [-0.3, -0.25) is 4.79 Å². The fraction of sp³-hybridized carbons (Fsp3) is 0.0455. The quantitative estimate of drug-likeness (QED) is 0.424. The Labute approximate surface area is 147 Å². The molecule has 0 aliphatic heterocycles. The predicted octanol–water partition coefficient (Wildman–Crippen LogP) is 5.83. The van der Waals surface area contributed by atoms with Crippen molar-refractivity contribution in [3.05, 3.63) is 112 Å². The molecule has 0 aliphatic carbocycles. The third-order valence-corrected chi connectivity index (χ3v) is 4.04. The van der Waals surface area contributed by atoms with Crippen LogP contribution in [0.2, 0.25) is 5.02 Å². The largest absolute Gasteiger partial charge is 0.289 e. The van der Waals surface area contributed by atoms with Gasteiger partial charge in [0, 0.05) is 10.6 Å². The van der Waals surface area contributed by atoms with E-state index in [0.717, 1.165) is 12.0 Å². The normalized spacial score (nSPS) is 10.9. The van der Waals surface area contributed by atoms with Crippen molar-refractivity contribution >= 4 is 23.5 Å². The highest BCUT2D eigenvalue weighted by molar-refractivity contribution is 6.30. The van der Waals surface area contributed by atoms with Gasteiger partial charge in [0.25, 0.3) is 0 Å². The van der Waals surface area contributed by atoms with E-state index in [-0.39, 0.29) is 5.78 Å². The lowest BCUT2D eigenvalue weighted by molar-refractivity contribution is 0.104. The highest BCUT2D eigenvalue weighted by atomic mass is 35.5. The first-order chi connectivity index (χ1) is 11.7. The molecule has 0 aromatic heterocycles. The zero-order valence-electron chi connectivity index (χ0n) is 13.2. The van der Waals surface area contributed by atoms with E-state index >= 15 is 0 Å². The van der Waals surface area contributed by atoms with Gasteiger partial charge in [0.15, 0.2) is 5.78 Å². The number of carbonyl (C=O) groups excluding carboxylic acids is 1. The summed E-state index contributed by atoms with van der Waals surface area (Å²) >= 11 is 5.85. The van der Waals surface area contributed by atoms with Gasteiger partial charge in [0.05, 0.1) is 0 Å². The van der Waals surface area contributed by atoms with Crippen molar-refractivity contribution in [2.45, 2.75) is 6.42 Å². The highest BCUT2D eigenvalue weighted by Gasteiger charge is 2.02. The molecular formula is C22H17ClO. The van der Waals surface area contributed by atoms with Crippen LogP contribution in [0.5, 0.6) is 0 Å². The third-order valence-electron chi connectivity index (χ3n) is 3.79. The first-order valence-electron chi connectivity index (χ1n) is 7.81. The molecule has 0 N–H and O–H groups in total. The zero-order chi connectivity index (χ0) is 16.8. The Hall–Kier alpha value is -2.64. The van der Waals surface area contributed by atoms with E-state index < -0.39 is 0 Å². The van der Waals surface area contributed by atoms with Gasteiger partial charge in [-0.25, -0.2) is 0 Å². The Morgan fingerprint density at radius 3 is 2.08 bits per heavy atom. The molecule has 0 fully saturated rings. The van der Waals surface area contributed by atoms with Crippen molar-refractivity contribution in [2.75, 3.05) is 0 Å². The van der Waals surface area contributed by atoms with Gasteiger partial charge in [-0.1, -0.05) is 84.4 Å². The van der Waals surface area contributed by atoms with Crippen molar-refractivity contribution in [1.29, 1.82) is 0 Å². The number of hydrogen-bond acceptors (Lipinski definition) is 1. The smallest absolute Gasteiger partial charge is 0.185 e. The van der Waals surface area contributed by atoms with Crippen LogP contribution in [0.4, 0.5) is 0 Å². The maximum absolute atomic E-state index is 12.2. The molecule has 118 valence electrons. The number of rotatable bonds is 5. The average Bonchev–Trinajstić information content (AvgIpc) is 2.62. The minimum Gasteiger partial charge on any atom is -0.289 e. The minimum absolute atomic E-state index is 0.00351. The molecule has 3 aromatic carbocycles. The summed E-state index contributed by atoms with van der Waals surface area (Å²) in [6.07, 6.45) is 4.27. The maximum atomic E-state index is 12.2. The summed E-state index contributed by atoms with van der Waals surface area (Å²) < 4.78 is 0. The maximum Gasteiger partial charge on any atom is 0.185 e. The van der Waals surface area contributed by atoms with E-state index in [1.165, 1.54) is 11.1 Å². The Kier molecular flexibility index (Phi) is 5.25. The average molecular weight is 333 g/mol. The third kappa shape index (κ3) is 4.43. The summed E-state index contributed by atoms with van der Waals surface area (Å²) in [5.74, 6) is -0.00351. The van der Waals surface area contributed by atoms with Crippen LogP contribution in [-0.4, -0.2) is 5.78 Å². The van der Waals surface area contributed by atoms with Crippen molar-refractivity contribution in [3.63, 3.8) is 0 Å². The van der Waals surface area contributed by atoms with E-state index in [1.807, 2.05) is 66.7 Å². The topological polar surface area (TPSA) is 17.1 Å². The second-order valence-electron chi connectivity index (χ2n) is 5.61. The molecule has 0 bridgehead atoms. The lowest BCUT2D eigenvalue weighted by Gasteiger charge is -2.03. The SMILES string of the molecule is O=C(C=Cc1ccc(Cl)cc1)c1ccc(Cc2ccccc2)cc1. The number of ketones is 1. The lowest BCUT2D eigenvalue weighted by Crippen LogP contribution is -1.95. The molecule has 3 aromatic rings. The Morgan fingerprint density at radius 2 is 1.42 bits per heavy atom. The fourth-order valence-corrected chi connectivity index (χ4v) is 2.59. The second kappa shape index (κ2) is 7.76. The van der Waals surface area contributed by atoms with E-state index in [9.17, 15) is 4.79 Å². The molecule has 0 spiro atoms. The molecule has 0 radical (unpaired) electrons. The van der Waals surface area contributed by atoms with Crippen LogP contribution in [0.1, 0.15) is 27.0 Å². The molecule has 0 unspecified atom stereocenters. The van der Waals surface area contributed by atoms with Gasteiger partial charge >= 0.3 is 0 Å². The summed E-state index contributed by atoms with van der Waals surface area (Å²) in [7, 11) is 0. The molecule has 3 rings (SSSR count). The van der Waals surface area contributed by atoms with Crippen LogP contribution in [0.15, 0.2) is 84.9 Å². The first kappa shape index (κ1) is 16.2. The summed E-state index contributed by atoms with van der Waals surface area (Å²) in [6, 6.07) is 25.5. The van der Waals surface area contributed by atoms with E-state index in [4.69, 9.17) is 11.6 Å². The van der Waals surface area contributed by atoms with Crippen LogP contribution in [-0.2, 0) is 6.42 Å². The van der Waals surface area contributed by atoms with E-state index in [0.29, 0.717) is 10.6 Å². The van der Waals surface area contributed by atoms with Crippen LogP contribution < -0.4 is 0 Å². The molecule has 24 heavy (non-hydrogen) atoms. The molecule has 0 aliphatic rings. The van der Waals surface area contributed by atoms with Gasteiger partial charge in [-0.15, -0.1) is 0 Å². The zero-order valence-corrected chi connectivity index (χ0v) is 13.9. The number of carbonyl (C=O) groups is 1. The van der Waals surface area contributed by atoms with E-state index in [1.54, 1.807) is 12.2 Å². The molecule has 0 saturated carbocycles. The van der Waals surface area contributed by atoms with Gasteiger partial charge in [0.1, 0.15) is 0 Å². The summed E-state index contributed by atoms with van der Waals surface area (Å²) in [4.78, 5) is 12.2. The monoisotopic (exact) mass is 332 g/mol. The summed E-state index contributed by atoms with van der Waals surface area (Å²) in [6.45, 7) is 0. The predicted molar refractivity (Wildman–Crippen MR) is 101 cm³/mol. The lowest BCUT2D eigenvalue weighted by atomic mass is 10.0. The molecule has 0 saturated heterocycles. The van der Waals surface area contributed by atoms with Crippen LogP contribution in [0.25, 0.3) is 6.08 Å². The minimum atomic E-state index is -0.00351. The summed E-state index contributed by atoms with van der Waals surface area (Å²) in [5.41, 5.74) is 4.10. The molecule has 0 atom stereocenters. The van der Waals surface area contributed by atoms with Gasteiger partial charge < -0.3 is 0 Å². The molecular weight excluding hydrogens is 316 g/mol. The van der Waals surface area contributed by atoms with Crippen molar-refractivity contribution in [2.24, 2.45) is 0 Å². The standard InChI is InChI=1S/C22H17ClO/c23-21-13-8-17(9-14-21)10-15-22(24)20-11-6-19(7-12-20)16-18-4-2-1-3-5-18/h1-15H,16H2. The molecule has 1 nitrogen and oxygen atoms in total. The van der Waals surface area contributed by atoms with Gasteiger partial charge in [0.2, 0.25) is 0 Å². The van der Waals surface area contributed by atoms with Crippen molar-refractivity contribution < 1.29 is 4.79 Å². The molecule has 2 heteroatoms. The first-order valence-corrected chi connectivity index (χ1v) is 8.19. The molecule has 0 heterocycles. The number of halogens is 1. The second-order valence-corrected chi connectivity index (χ2v) is 6.04. The number of hydrogen-bond donors (Lipinski definition) is 0. The van der Waals surface area contributed by atoms with E-state index in [2.05, 4.69) is 12.1 Å². The highest BCUT2D eigenvalue weighted by Crippen LogP contribution is 2.13.